The largest absolute Gasteiger partial charge is 0.354 e. The number of rotatable bonds is 12. The number of halogens is 1. The highest BCUT2D eigenvalue weighted by Gasteiger charge is 2.33. The molecule has 0 spiro atoms. The predicted octanol–water partition coefficient (Wildman–Crippen LogP) is 5.73. The summed E-state index contributed by atoms with van der Waals surface area (Å²) in [6, 6.07) is 19.8. The van der Waals surface area contributed by atoms with Crippen LogP contribution in [0.3, 0.4) is 0 Å². The molecule has 0 fully saturated rings. The van der Waals surface area contributed by atoms with Crippen LogP contribution in [0.1, 0.15) is 43.9 Å². The van der Waals surface area contributed by atoms with Crippen LogP contribution in [0.4, 0.5) is 5.69 Å². The van der Waals surface area contributed by atoms with Crippen molar-refractivity contribution in [3.8, 4) is 0 Å². The number of aryl methyl sites for hydroxylation is 2. The highest BCUT2D eigenvalue weighted by Crippen LogP contribution is 2.26. The molecule has 214 valence electrons. The molecule has 1 atom stereocenters. The Balaban J connectivity index is 2.05. The summed E-state index contributed by atoms with van der Waals surface area (Å²) in [6.07, 6.45) is 0.371. The minimum Gasteiger partial charge on any atom is -0.354 e. The van der Waals surface area contributed by atoms with Gasteiger partial charge in [0.2, 0.25) is 11.8 Å². The SMILES string of the molecule is CC[C@H](C(=O)NCC(C)C)N(Cc1cccc(C)c1)C(=O)CN(c1cccc(C)c1)S(=O)(=O)c1ccc(Cl)cc1. The highest BCUT2D eigenvalue weighted by atomic mass is 35.5. The lowest BCUT2D eigenvalue weighted by Crippen LogP contribution is -2.52. The molecule has 40 heavy (non-hydrogen) atoms. The number of nitrogens with zero attached hydrogens (tertiary/aromatic N) is 2. The average Bonchev–Trinajstić information content (AvgIpc) is 2.90. The van der Waals surface area contributed by atoms with E-state index in [4.69, 9.17) is 11.6 Å². The second-order valence-electron chi connectivity index (χ2n) is 10.4. The molecule has 0 aliphatic rings. The molecule has 2 amide bonds. The summed E-state index contributed by atoms with van der Waals surface area (Å²) < 4.78 is 28.9. The van der Waals surface area contributed by atoms with Gasteiger partial charge in [-0.05, 0) is 73.7 Å². The van der Waals surface area contributed by atoms with Gasteiger partial charge >= 0.3 is 0 Å². The summed E-state index contributed by atoms with van der Waals surface area (Å²) in [6.45, 7) is 9.82. The topological polar surface area (TPSA) is 86.8 Å². The van der Waals surface area contributed by atoms with Gasteiger partial charge in [-0.25, -0.2) is 8.42 Å². The zero-order chi connectivity index (χ0) is 29.4. The molecule has 0 saturated heterocycles. The van der Waals surface area contributed by atoms with Crippen molar-refractivity contribution in [1.29, 1.82) is 0 Å². The first-order valence-corrected chi connectivity index (χ1v) is 15.2. The fourth-order valence-electron chi connectivity index (χ4n) is 4.39. The maximum Gasteiger partial charge on any atom is 0.264 e. The van der Waals surface area contributed by atoms with Crippen LogP contribution in [-0.4, -0.2) is 44.3 Å². The Morgan fingerprint density at radius 3 is 2.12 bits per heavy atom. The summed E-state index contributed by atoms with van der Waals surface area (Å²) in [5.74, 6) is -0.504. The Labute approximate surface area is 243 Å². The van der Waals surface area contributed by atoms with Gasteiger partial charge < -0.3 is 10.2 Å². The van der Waals surface area contributed by atoms with Crippen molar-refractivity contribution in [2.24, 2.45) is 5.92 Å². The van der Waals surface area contributed by atoms with Gasteiger partial charge in [0.25, 0.3) is 10.0 Å². The van der Waals surface area contributed by atoms with Crippen molar-refractivity contribution in [2.45, 2.75) is 58.5 Å². The second kappa shape index (κ2) is 13.8. The normalized spacial score (nSPS) is 12.2. The molecule has 1 N–H and O–H groups in total. The first-order chi connectivity index (χ1) is 18.9. The van der Waals surface area contributed by atoms with E-state index in [9.17, 15) is 18.0 Å². The van der Waals surface area contributed by atoms with Crippen LogP contribution in [0.25, 0.3) is 0 Å². The lowest BCUT2D eigenvalue weighted by Gasteiger charge is -2.33. The van der Waals surface area contributed by atoms with Crippen LogP contribution in [0.2, 0.25) is 5.02 Å². The van der Waals surface area contributed by atoms with Crippen LogP contribution in [0.5, 0.6) is 0 Å². The molecule has 0 bridgehead atoms. The average molecular weight is 584 g/mol. The fourth-order valence-corrected chi connectivity index (χ4v) is 5.93. The van der Waals surface area contributed by atoms with Gasteiger partial charge in [-0.1, -0.05) is 74.3 Å². The van der Waals surface area contributed by atoms with Crippen LogP contribution in [0.15, 0.2) is 77.7 Å². The fraction of sp³-hybridized carbons (Fsp3) is 0.355. The van der Waals surface area contributed by atoms with Crippen LogP contribution < -0.4 is 9.62 Å². The third kappa shape index (κ3) is 8.08. The van der Waals surface area contributed by atoms with E-state index < -0.39 is 28.5 Å². The standard InChI is InChI=1S/C31H38ClN3O4S/c1-6-29(31(37)33-19-22(2)3)34(20-25-11-7-9-23(4)17-25)30(36)21-35(27-12-8-10-24(5)18-27)40(38,39)28-15-13-26(32)14-16-28/h7-18,22,29H,6,19-21H2,1-5H3,(H,33,37)/t29-/m1/s1. The predicted molar refractivity (Wildman–Crippen MR) is 161 cm³/mol. The maximum absolute atomic E-state index is 14.1. The van der Waals surface area contributed by atoms with Crippen molar-refractivity contribution in [3.05, 3.63) is 94.5 Å². The molecule has 0 radical (unpaired) electrons. The smallest absolute Gasteiger partial charge is 0.264 e. The first kappa shape index (κ1) is 31.2. The molecule has 0 aliphatic carbocycles. The summed E-state index contributed by atoms with van der Waals surface area (Å²) in [5.41, 5.74) is 3.08. The number of hydrogen-bond donors (Lipinski definition) is 1. The summed E-state index contributed by atoms with van der Waals surface area (Å²) in [5, 5.41) is 3.34. The third-order valence-corrected chi connectivity index (χ3v) is 8.52. The highest BCUT2D eigenvalue weighted by molar-refractivity contribution is 7.92. The van der Waals surface area contributed by atoms with E-state index in [2.05, 4.69) is 5.32 Å². The minimum atomic E-state index is -4.14. The number of sulfonamides is 1. The monoisotopic (exact) mass is 583 g/mol. The Morgan fingerprint density at radius 2 is 1.55 bits per heavy atom. The van der Waals surface area contributed by atoms with Crippen molar-refractivity contribution in [1.82, 2.24) is 10.2 Å². The van der Waals surface area contributed by atoms with Gasteiger partial charge in [-0.3, -0.25) is 13.9 Å². The molecular formula is C31H38ClN3O4S. The molecule has 0 aromatic heterocycles. The van der Waals surface area contributed by atoms with Gasteiger partial charge in [0.05, 0.1) is 10.6 Å². The molecule has 0 heterocycles. The van der Waals surface area contributed by atoms with Gasteiger partial charge in [-0.2, -0.15) is 0 Å². The number of anilines is 1. The number of carbonyl (C=O) groups excluding carboxylic acids is 2. The maximum atomic E-state index is 14.1. The van der Waals surface area contributed by atoms with E-state index in [1.54, 1.807) is 18.2 Å². The summed E-state index contributed by atoms with van der Waals surface area (Å²) in [7, 11) is -4.14. The molecule has 0 aliphatic heterocycles. The number of hydrogen-bond acceptors (Lipinski definition) is 4. The van der Waals surface area contributed by atoms with Crippen LogP contribution >= 0.6 is 11.6 Å². The summed E-state index contributed by atoms with van der Waals surface area (Å²) >= 11 is 6.01. The van der Waals surface area contributed by atoms with Crippen molar-refractivity contribution in [2.75, 3.05) is 17.4 Å². The number of carbonyl (C=O) groups is 2. The van der Waals surface area contributed by atoms with Gasteiger partial charge in [0.1, 0.15) is 12.6 Å². The zero-order valence-electron chi connectivity index (χ0n) is 23.7. The summed E-state index contributed by atoms with van der Waals surface area (Å²) in [4.78, 5) is 28.9. The van der Waals surface area contributed by atoms with Crippen LogP contribution in [-0.2, 0) is 26.2 Å². The Morgan fingerprint density at radius 1 is 0.925 bits per heavy atom. The Hall–Kier alpha value is -3.36. The van der Waals surface area contributed by atoms with E-state index in [0.717, 1.165) is 21.0 Å². The number of benzene rings is 3. The quantitative estimate of drug-likeness (QED) is 0.295. The van der Waals surface area contributed by atoms with E-state index in [0.29, 0.717) is 23.7 Å². The molecular weight excluding hydrogens is 546 g/mol. The Bertz CT molecular complexity index is 1420. The van der Waals surface area contributed by atoms with E-state index in [1.165, 1.54) is 29.2 Å². The van der Waals surface area contributed by atoms with Crippen LogP contribution in [0, 0.1) is 19.8 Å². The van der Waals surface area contributed by atoms with Gasteiger partial charge in [-0.15, -0.1) is 0 Å². The molecule has 3 aromatic carbocycles. The minimum absolute atomic E-state index is 0.0122. The molecule has 9 heteroatoms. The van der Waals surface area contributed by atoms with E-state index in [1.807, 2.05) is 65.0 Å². The number of nitrogens with one attached hydrogen (secondary N) is 1. The van der Waals surface area contributed by atoms with E-state index >= 15 is 0 Å². The lowest BCUT2D eigenvalue weighted by atomic mass is 10.1. The van der Waals surface area contributed by atoms with Gasteiger partial charge in [0.15, 0.2) is 0 Å². The third-order valence-electron chi connectivity index (χ3n) is 6.48. The first-order valence-electron chi connectivity index (χ1n) is 13.4. The van der Waals surface area contributed by atoms with E-state index in [-0.39, 0.29) is 23.3 Å². The lowest BCUT2D eigenvalue weighted by molar-refractivity contribution is -0.140. The molecule has 0 saturated carbocycles. The zero-order valence-corrected chi connectivity index (χ0v) is 25.3. The molecule has 7 nitrogen and oxygen atoms in total. The Kier molecular flexibility index (Phi) is 10.8. The van der Waals surface area contributed by atoms with Gasteiger partial charge in [0, 0.05) is 18.1 Å². The second-order valence-corrected chi connectivity index (χ2v) is 12.7. The van der Waals surface area contributed by atoms with Crippen molar-refractivity contribution in [3.63, 3.8) is 0 Å². The molecule has 3 aromatic rings. The van der Waals surface area contributed by atoms with Crippen molar-refractivity contribution < 1.29 is 18.0 Å². The van der Waals surface area contributed by atoms with Crippen molar-refractivity contribution >= 4 is 39.1 Å². The molecule has 3 rings (SSSR count). The number of amides is 2. The molecule has 0 unspecified atom stereocenters.